The maximum absolute atomic E-state index is 12.4. The highest BCUT2D eigenvalue weighted by Crippen LogP contribution is 2.20. The van der Waals surface area contributed by atoms with Gasteiger partial charge in [0.05, 0.1) is 31.1 Å². The summed E-state index contributed by atoms with van der Waals surface area (Å²) in [6, 6.07) is 12.3. The molecule has 1 heterocycles. The third-order valence-corrected chi connectivity index (χ3v) is 4.14. The van der Waals surface area contributed by atoms with Gasteiger partial charge < -0.3 is 14.8 Å². The summed E-state index contributed by atoms with van der Waals surface area (Å²) < 4.78 is 47.8. The molecule has 0 radical (unpaired) electrons. The Morgan fingerprint density at radius 3 is 2.65 bits per heavy atom. The minimum absolute atomic E-state index is 0.0694. The van der Waals surface area contributed by atoms with E-state index in [1.807, 2.05) is 0 Å². The number of hydrogen-bond donors (Lipinski definition) is 1. The average Bonchev–Trinajstić information content (AvgIpc) is 3.18. The first-order valence-corrected chi connectivity index (χ1v) is 9.05. The second kappa shape index (κ2) is 9.33. The monoisotopic (exact) mass is 433 g/mol. The molecule has 2 aromatic carbocycles. The molecule has 3 aromatic rings. The van der Waals surface area contributed by atoms with Gasteiger partial charge in [0.2, 0.25) is 0 Å². The molecule has 0 aliphatic rings. The number of aromatic nitrogens is 2. The fourth-order valence-electron chi connectivity index (χ4n) is 2.75. The highest BCUT2D eigenvalue weighted by molar-refractivity contribution is 6.04. The van der Waals surface area contributed by atoms with Gasteiger partial charge in [0.25, 0.3) is 5.91 Å². The summed E-state index contributed by atoms with van der Waals surface area (Å²) in [6.07, 6.45) is -1.49. The summed E-state index contributed by atoms with van der Waals surface area (Å²) in [7, 11) is 1.30. The third kappa shape index (κ3) is 6.08. The van der Waals surface area contributed by atoms with Crippen molar-refractivity contribution in [2.75, 3.05) is 19.0 Å². The van der Waals surface area contributed by atoms with E-state index in [1.165, 1.54) is 42.3 Å². The fourth-order valence-corrected chi connectivity index (χ4v) is 2.75. The quantitative estimate of drug-likeness (QED) is 0.572. The molecule has 7 nitrogen and oxygen atoms in total. The molecule has 1 aromatic heterocycles. The van der Waals surface area contributed by atoms with Gasteiger partial charge in [0.15, 0.2) is 6.61 Å². The standard InChI is InChI=1S/C21H18F3N3O4/c1-30-20(29)18-8-3-2-5-15(18)11-27-12-16(10-25-27)26-19(28)14-6-4-7-17(9-14)31-13-21(22,23)24/h2-10,12H,11,13H2,1H3,(H,26,28). The Labute approximate surface area is 175 Å². The maximum Gasteiger partial charge on any atom is 0.422 e. The van der Waals surface area contributed by atoms with E-state index in [2.05, 4.69) is 15.2 Å². The van der Waals surface area contributed by atoms with Gasteiger partial charge >= 0.3 is 12.1 Å². The topological polar surface area (TPSA) is 82.5 Å². The number of anilines is 1. The number of benzene rings is 2. The van der Waals surface area contributed by atoms with Crippen LogP contribution in [0.5, 0.6) is 5.75 Å². The number of esters is 1. The van der Waals surface area contributed by atoms with Crippen molar-refractivity contribution in [2.45, 2.75) is 12.7 Å². The average molecular weight is 433 g/mol. The number of ether oxygens (including phenoxy) is 2. The lowest BCUT2D eigenvalue weighted by atomic mass is 10.1. The lowest BCUT2D eigenvalue weighted by Gasteiger charge is -2.10. The van der Waals surface area contributed by atoms with Crippen LogP contribution in [0.25, 0.3) is 0 Å². The van der Waals surface area contributed by atoms with E-state index in [-0.39, 0.29) is 17.9 Å². The molecule has 162 valence electrons. The number of nitrogens with one attached hydrogen (secondary N) is 1. The third-order valence-electron chi connectivity index (χ3n) is 4.14. The summed E-state index contributed by atoms with van der Waals surface area (Å²) in [5.41, 5.74) is 1.59. The number of alkyl halides is 3. The molecule has 0 atom stereocenters. The zero-order valence-corrected chi connectivity index (χ0v) is 16.3. The lowest BCUT2D eigenvalue weighted by Crippen LogP contribution is -2.19. The number of carbonyl (C=O) groups is 2. The largest absolute Gasteiger partial charge is 0.484 e. The highest BCUT2D eigenvalue weighted by Gasteiger charge is 2.28. The summed E-state index contributed by atoms with van der Waals surface area (Å²) in [6.45, 7) is -1.18. The van der Waals surface area contributed by atoms with Gasteiger partial charge in [0.1, 0.15) is 5.75 Å². The number of hydrogen-bond acceptors (Lipinski definition) is 5. The summed E-state index contributed by atoms with van der Waals surface area (Å²) in [4.78, 5) is 24.3. The van der Waals surface area contributed by atoms with Crippen molar-refractivity contribution in [1.29, 1.82) is 0 Å². The minimum Gasteiger partial charge on any atom is -0.484 e. The first-order chi connectivity index (χ1) is 14.7. The molecule has 1 amide bonds. The van der Waals surface area contributed by atoms with Crippen molar-refractivity contribution in [2.24, 2.45) is 0 Å². The van der Waals surface area contributed by atoms with Gasteiger partial charge in [-0.2, -0.15) is 18.3 Å². The number of amides is 1. The van der Waals surface area contributed by atoms with Crippen molar-refractivity contribution in [3.8, 4) is 5.75 Å². The number of carbonyl (C=O) groups excluding carboxylic acids is 2. The molecule has 0 saturated carbocycles. The predicted molar refractivity (Wildman–Crippen MR) is 105 cm³/mol. The fraction of sp³-hybridized carbons (Fsp3) is 0.190. The molecule has 10 heteroatoms. The second-order valence-corrected chi connectivity index (χ2v) is 6.46. The maximum atomic E-state index is 12.4. The molecule has 3 rings (SSSR count). The second-order valence-electron chi connectivity index (χ2n) is 6.46. The van der Waals surface area contributed by atoms with Crippen LogP contribution in [0.1, 0.15) is 26.3 Å². The number of nitrogens with zero attached hydrogens (tertiary/aromatic N) is 2. The summed E-state index contributed by atoms with van der Waals surface area (Å²) in [5, 5.41) is 6.78. The Bertz CT molecular complexity index is 1080. The number of halogens is 3. The molecule has 0 aliphatic carbocycles. The molecule has 0 aliphatic heterocycles. The van der Waals surface area contributed by atoms with Crippen molar-refractivity contribution >= 4 is 17.6 Å². The normalized spacial score (nSPS) is 11.1. The van der Waals surface area contributed by atoms with Crippen LogP contribution < -0.4 is 10.1 Å². The van der Waals surface area contributed by atoms with Crippen molar-refractivity contribution in [3.63, 3.8) is 0 Å². The Hall–Kier alpha value is -3.82. The van der Waals surface area contributed by atoms with Crippen LogP contribution in [0, 0.1) is 0 Å². The highest BCUT2D eigenvalue weighted by atomic mass is 19.4. The van der Waals surface area contributed by atoms with Crippen LogP contribution in [-0.4, -0.2) is 41.5 Å². The van der Waals surface area contributed by atoms with Crippen LogP contribution in [-0.2, 0) is 11.3 Å². The summed E-state index contributed by atoms with van der Waals surface area (Å²) >= 11 is 0. The Morgan fingerprint density at radius 2 is 1.90 bits per heavy atom. The molecular weight excluding hydrogens is 415 g/mol. The van der Waals surface area contributed by atoms with Crippen LogP contribution in [0.3, 0.4) is 0 Å². The van der Waals surface area contributed by atoms with E-state index in [4.69, 9.17) is 4.74 Å². The molecule has 0 spiro atoms. The van der Waals surface area contributed by atoms with Crippen molar-refractivity contribution in [1.82, 2.24) is 9.78 Å². The first-order valence-electron chi connectivity index (χ1n) is 9.05. The van der Waals surface area contributed by atoms with Crippen LogP contribution in [0.2, 0.25) is 0 Å². The Morgan fingerprint density at radius 1 is 1.13 bits per heavy atom. The van der Waals surface area contributed by atoms with Crippen LogP contribution in [0.4, 0.5) is 18.9 Å². The van der Waals surface area contributed by atoms with E-state index < -0.39 is 24.7 Å². The molecule has 0 fully saturated rings. The number of rotatable bonds is 7. The predicted octanol–water partition coefficient (Wildman–Crippen LogP) is 3.91. The van der Waals surface area contributed by atoms with Gasteiger partial charge in [-0.15, -0.1) is 0 Å². The smallest absolute Gasteiger partial charge is 0.422 e. The lowest BCUT2D eigenvalue weighted by molar-refractivity contribution is -0.153. The number of methoxy groups -OCH3 is 1. The van der Waals surface area contributed by atoms with E-state index in [0.29, 0.717) is 16.8 Å². The van der Waals surface area contributed by atoms with E-state index in [1.54, 1.807) is 30.5 Å². The first kappa shape index (κ1) is 21.9. The SMILES string of the molecule is COC(=O)c1ccccc1Cn1cc(NC(=O)c2cccc(OCC(F)(F)F)c2)cn1. The van der Waals surface area contributed by atoms with Crippen molar-refractivity contribution < 1.29 is 32.2 Å². The molecule has 1 N–H and O–H groups in total. The van der Waals surface area contributed by atoms with Gasteiger partial charge in [-0.3, -0.25) is 9.48 Å². The van der Waals surface area contributed by atoms with Gasteiger partial charge in [-0.05, 0) is 29.8 Å². The summed E-state index contributed by atoms with van der Waals surface area (Å²) in [5.74, 6) is -1.07. The van der Waals surface area contributed by atoms with E-state index in [9.17, 15) is 22.8 Å². The zero-order chi connectivity index (χ0) is 22.4. The van der Waals surface area contributed by atoms with Gasteiger partial charge in [-0.1, -0.05) is 24.3 Å². The molecule has 0 saturated heterocycles. The van der Waals surface area contributed by atoms with Crippen molar-refractivity contribution in [3.05, 3.63) is 77.6 Å². The van der Waals surface area contributed by atoms with Gasteiger partial charge in [0, 0.05) is 11.8 Å². The van der Waals surface area contributed by atoms with E-state index >= 15 is 0 Å². The molecule has 0 bridgehead atoms. The Kier molecular flexibility index (Phi) is 6.58. The Balaban J connectivity index is 1.67. The van der Waals surface area contributed by atoms with E-state index in [0.717, 1.165) is 0 Å². The van der Waals surface area contributed by atoms with Crippen LogP contribution in [0.15, 0.2) is 60.9 Å². The molecular formula is C21H18F3N3O4. The molecule has 0 unspecified atom stereocenters. The zero-order valence-electron chi connectivity index (χ0n) is 16.3. The van der Waals surface area contributed by atoms with Crippen LogP contribution >= 0.6 is 0 Å². The molecule has 31 heavy (non-hydrogen) atoms. The van der Waals surface area contributed by atoms with Gasteiger partial charge in [-0.25, -0.2) is 4.79 Å². The minimum atomic E-state index is -4.47.